The third kappa shape index (κ3) is 4.77. The number of halogens is 1. The number of rotatable bonds is 5. The second-order valence-corrected chi connectivity index (χ2v) is 7.67. The second-order valence-electron chi connectivity index (χ2n) is 7.26. The molecule has 0 saturated carbocycles. The van der Waals surface area contributed by atoms with E-state index >= 15 is 0 Å². The van der Waals surface area contributed by atoms with Crippen LogP contribution in [-0.4, -0.2) is 30.9 Å². The van der Waals surface area contributed by atoms with Gasteiger partial charge in [-0.1, -0.05) is 29.8 Å². The van der Waals surface area contributed by atoms with Gasteiger partial charge in [-0.2, -0.15) is 0 Å². The van der Waals surface area contributed by atoms with E-state index in [1.807, 2.05) is 39.0 Å². The third-order valence-corrected chi connectivity index (χ3v) is 5.41. The Hall–Kier alpha value is -2.86. The fourth-order valence-corrected chi connectivity index (χ4v) is 3.47. The number of ether oxygens (including phenoxy) is 1. The Kier molecular flexibility index (Phi) is 6.23. The van der Waals surface area contributed by atoms with Crippen LogP contribution in [0.4, 0.5) is 11.4 Å². The molecule has 0 unspecified atom stereocenters. The molecule has 2 amide bonds. The summed E-state index contributed by atoms with van der Waals surface area (Å²) in [5.41, 5.74) is 4.09. The normalized spacial score (nSPS) is 16.1. The Morgan fingerprint density at radius 1 is 1.21 bits per heavy atom. The topological polar surface area (TPSA) is 75.7 Å². The van der Waals surface area contributed by atoms with E-state index in [2.05, 4.69) is 5.32 Å². The zero-order valence-electron chi connectivity index (χ0n) is 16.6. The lowest BCUT2D eigenvalue weighted by Gasteiger charge is -2.19. The summed E-state index contributed by atoms with van der Waals surface area (Å²) in [5, 5.41) is 3.31. The van der Waals surface area contributed by atoms with Gasteiger partial charge in [-0.05, 0) is 55.7 Å². The molecule has 1 heterocycles. The van der Waals surface area contributed by atoms with Gasteiger partial charge in [-0.25, -0.2) is 0 Å². The highest BCUT2D eigenvalue weighted by Crippen LogP contribution is 2.31. The van der Waals surface area contributed by atoms with E-state index < -0.39 is 24.4 Å². The van der Waals surface area contributed by atoms with Crippen molar-refractivity contribution in [1.82, 2.24) is 0 Å². The van der Waals surface area contributed by atoms with Gasteiger partial charge in [-0.3, -0.25) is 14.4 Å². The first kappa shape index (κ1) is 20.9. The fraction of sp³-hybridized carbons (Fsp3) is 0.318. The van der Waals surface area contributed by atoms with Gasteiger partial charge in [-0.15, -0.1) is 0 Å². The average Bonchev–Trinajstić information content (AvgIpc) is 3.06. The molecule has 1 aliphatic heterocycles. The predicted molar refractivity (Wildman–Crippen MR) is 112 cm³/mol. The highest BCUT2D eigenvalue weighted by atomic mass is 35.5. The van der Waals surface area contributed by atoms with Crippen LogP contribution >= 0.6 is 11.6 Å². The van der Waals surface area contributed by atoms with Crippen LogP contribution in [0.1, 0.15) is 23.1 Å². The van der Waals surface area contributed by atoms with Crippen LogP contribution in [0.3, 0.4) is 0 Å². The third-order valence-electron chi connectivity index (χ3n) is 5.00. The summed E-state index contributed by atoms with van der Waals surface area (Å²) in [6.07, 6.45) is 0.0450. The van der Waals surface area contributed by atoms with Gasteiger partial charge in [0.05, 0.1) is 5.92 Å². The number of benzene rings is 2. The standard InChI is InChI=1S/C22H23ClN2O4/c1-13-7-8-14(2)18(9-13)24-20(26)12-29-22(28)16-10-21(27)25(11-16)19-6-4-5-17(23)15(19)3/h4-9,16H,10-12H2,1-3H3,(H,24,26)/t16-/m1/s1. The molecule has 1 aliphatic rings. The maximum Gasteiger partial charge on any atom is 0.311 e. The molecule has 2 aromatic rings. The molecule has 0 spiro atoms. The average molecular weight is 415 g/mol. The molecule has 152 valence electrons. The molecular weight excluding hydrogens is 392 g/mol. The van der Waals surface area contributed by atoms with Gasteiger partial charge in [0.1, 0.15) is 0 Å². The summed E-state index contributed by atoms with van der Waals surface area (Å²) in [6.45, 7) is 5.45. The molecule has 7 heteroatoms. The number of esters is 1. The number of hydrogen-bond acceptors (Lipinski definition) is 4. The van der Waals surface area contributed by atoms with Crippen LogP contribution in [0, 0.1) is 26.7 Å². The van der Waals surface area contributed by atoms with E-state index in [4.69, 9.17) is 16.3 Å². The highest BCUT2D eigenvalue weighted by Gasteiger charge is 2.37. The molecule has 29 heavy (non-hydrogen) atoms. The molecule has 1 N–H and O–H groups in total. The van der Waals surface area contributed by atoms with Crippen molar-refractivity contribution in [2.45, 2.75) is 27.2 Å². The summed E-state index contributed by atoms with van der Waals surface area (Å²) < 4.78 is 5.16. The summed E-state index contributed by atoms with van der Waals surface area (Å²) in [4.78, 5) is 38.5. The zero-order chi connectivity index (χ0) is 21.1. The minimum Gasteiger partial charge on any atom is -0.455 e. The Morgan fingerprint density at radius 3 is 2.72 bits per heavy atom. The van der Waals surface area contributed by atoms with Crippen molar-refractivity contribution in [3.8, 4) is 0 Å². The lowest BCUT2D eigenvalue weighted by Crippen LogP contribution is -2.28. The molecule has 6 nitrogen and oxygen atoms in total. The van der Waals surface area contributed by atoms with Crippen LogP contribution in [0.15, 0.2) is 36.4 Å². The van der Waals surface area contributed by atoms with Gasteiger partial charge in [0.25, 0.3) is 5.91 Å². The van der Waals surface area contributed by atoms with Crippen LogP contribution in [0.2, 0.25) is 5.02 Å². The lowest BCUT2D eigenvalue weighted by atomic mass is 10.1. The maximum atomic E-state index is 12.4. The Labute approximate surface area is 174 Å². The maximum absolute atomic E-state index is 12.4. The van der Waals surface area contributed by atoms with Crippen LogP contribution in [-0.2, 0) is 19.1 Å². The smallest absolute Gasteiger partial charge is 0.311 e. The Balaban J connectivity index is 1.57. The Morgan fingerprint density at radius 2 is 1.97 bits per heavy atom. The summed E-state index contributed by atoms with van der Waals surface area (Å²) in [7, 11) is 0. The van der Waals surface area contributed by atoms with E-state index in [0.717, 1.165) is 16.7 Å². The molecule has 0 aromatic heterocycles. The van der Waals surface area contributed by atoms with E-state index in [-0.39, 0.29) is 18.9 Å². The number of carbonyl (C=O) groups is 3. The molecule has 0 aliphatic carbocycles. The lowest BCUT2D eigenvalue weighted by molar-refractivity contribution is -0.151. The minimum absolute atomic E-state index is 0.0450. The van der Waals surface area contributed by atoms with E-state index in [9.17, 15) is 14.4 Å². The van der Waals surface area contributed by atoms with Gasteiger partial charge >= 0.3 is 5.97 Å². The predicted octanol–water partition coefficient (Wildman–Crippen LogP) is 3.80. The zero-order valence-corrected chi connectivity index (χ0v) is 17.4. The highest BCUT2D eigenvalue weighted by molar-refractivity contribution is 6.31. The molecular formula is C22H23ClN2O4. The van der Waals surface area contributed by atoms with Crippen LogP contribution in [0.5, 0.6) is 0 Å². The number of aryl methyl sites for hydroxylation is 2. The van der Waals surface area contributed by atoms with Gasteiger partial charge < -0.3 is 15.0 Å². The van der Waals surface area contributed by atoms with Crippen molar-refractivity contribution in [1.29, 1.82) is 0 Å². The second kappa shape index (κ2) is 8.66. The van der Waals surface area contributed by atoms with Crippen molar-refractivity contribution in [3.63, 3.8) is 0 Å². The molecule has 0 radical (unpaired) electrons. The Bertz CT molecular complexity index is 973. The monoisotopic (exact) mass is 414 g/mol. The van der Waals surface area contributed by atoms with Crippen molar-refractivity contribution >= 4 is 40.8 Å². The molecule has 1 fully saturated rings. The SMILES string of the molecule is Cc1ccc(C)c(NC(=O)COC(=O)[C@@H]2CC(=O)N(c3cccc(Cl)c3C)C2)c1. The summed E-state index contributed by atoms with van der Waals surface area (Å²) in [5.74, 6) is -1.76. The van der Waals surface area contributed by atoms with Gasteiger partial charge in [0, 0.05) is 29.4 Å². The van der Waals surface area contributed by atoms with Crippen molar-refractivity contribution < 1.29 is 19.1 Å². The summed E-state index contributed by atoms with van der Waals surface area (Å²) >= 11 is 6.14. The first-order chi connectivity index (χ1) is 13.8. The van der Waals surface area contributed by atoms with Crippen molar-refractivity contribution in [2.75, 3.05) is 23.4 Å². The van der Waals surface area contributed by atoms with Crippen LogP contribution < -0.4 is 10.2 Å². The number of nitrogens with zero attached hydrogens (tertiary/aromatic N) is 1. The molecule has 3 rings (SSSR count). The molecule has 0 bridgehead atoms. The van der Waals surface area contributed by atoms with E-state index in [1.54, 1.807) is 23.1 Å². The number of carbonyl (C=O) groups excluding carboxylic acids is 3. The molecule has 2 aromatic carbocycles. The fourth-order valence-electron chi connectivity index (χ4n) is 3.30. The summed E-state index contributed by atoms with van der Waals surface area (Å²) in [6, 6.07) is 11.0. The van der Waals surface area contributed by atoms with E-state index in [1.165, 1.54) is 0 Å². The first-order valence-electron chi connectivity index (χ1n) is 9.35. The van der Waals surface area contributed by atoms with Crippen molar-refractivity contribution in [2.24, 2.45) is 5.92 Å². The quantitative estimate of drug-likeness (QED) is 0.755. The van der Waals surface area contributed by atoms with Crippen LogP contribution in [0.25, 0.3) is 0 Å². The number of amides is 2. The number of hydrogen-bond donors (Lipinski definition) is 1. The molecule has 1 atom stereocenters. The largest absolute Gasteiger partial charge is 0.455 e. The van der Waals surface area contributed by atoms with Crippen molar-refractivity contribution in [3.05, 3.63) is 58.1 Å². The molecule has 1 saturated heterocycles. The van der Waals surface area contributed by atoms with Gasteiger partial charge in [0.15, 0.2) is 6.61 Å². The number of nitrogens with one attached hydrogen (secondary N) is 1. The first-order valence-corrected chi connectivity index (χ1v) is 9.73. The van der Waals surface area contributed by atoms with E-state index in [0.29, 0.717) is 16.4 Å². The minimum atomic E-state index is -0.616. The van der Waals surface area contributed by atoms with Gasteiger partial charge in [0.2, 0.25) is 5.91 Å². The number of anilines is 2.